The average molecular weight is 438 g/mol. The quantitative estimate of drug-likeness (QED) is 0.459. The lowest BCUT2D eigenvalue weighted by Gasteiger charge is -2.14. The molecule has 0 saturated carbocycles. The number of benzene rings is 2. The van der Waals surface area contributed by atoms with Crippen molar-refractivity contribution in [1.29, 1.82) is 5.26 Å². The van der Waals surface area contributed by atoms with Gasteiger partial charge in [0.25, 0.3) is 5.91 Å². The second-order valence-electron chi connectivity index (χ2n) is 8.07. The van der Waals surface area contributed by atoms with Crippen molar-refractivity contribution < 1.29 is 9.53 Å². The van der Waals surface area contributed by atoms with Gasteiger partial charge in [0.2, 0.25) is 0 Å². The molecule has 5 rings (SSSR count). The Kier molecular flexibility index (Phi) is 5.41. The molecule has 2 aromatic carbocycles. The predicted octanol–water partition coefficient (Wildman–Crippen LogP) is 5.29. The molecular formula is C26H23N5O2. The van der Waals surface area contributed by atoms with E-state index in [1.165, 1.54) is 6.20 Å². The van der Waals surface area contributed by atoms with Crippen molar-refractivity contribution in [3.05, 3.63) is 83.7 Å². The molecule has 0 bridgehead atoms. The van der Waals surface area contributed by atoms with Crippen LogP contribution in [-0.2, 0) is 0 Å². The highest BCUT2D eigenvalue weighted by atomic mass is 16.5. The number of ether oxygens (including phenoxy) is 1. The number of likely N-dealkylation sites (tertiary alicyclic amines) is 1. The van der Waals surface area contributed by atoms with Crippen LogP contribution in [-0.4, -0.2) is 33.5 Å². The van der Waals surface area contributed by atoms with E-state index in [4.69, 9.17) is 4.74 Å². The summed E-state index contributed by atoms with van der Waals surface area (Å²) in [5, 5.41) is 17.4. The molecule has 1 N–H and O–H groups in total. The summed E-state index contributed by atoms with van der Waals surface area (Å²) in [7, 11) is 0. The molecule has 1 saturated heterocycles. The standard InChI is InChI=1S/C26H23N5O2/c1-18-23(26(32)30-13-5-6-14-30)17-31-25(18)24(19(15-27)16-28-31)29-20-9-11-22(12-10-20)33-21-7-3-2-4-8-21/h2-4,7-12,16-17,29H,5-6,13-14H2,1H3. The number of amides is 1. The van der Waals surface area contributed by atoms with Gasteiger partial charge in [-0.05, 0) is 61.7 Å². The maximum Gasteiger partial charge on any atom is 0.255 e. The van der Waals surface area contributed by atoms with Gasteiger partial charge < -0.3 is 15.0 Å². The van der Waals surface area contributed by atoms with Crippen LogP contribution in [0.2, 0.25) is 0 Å². The summed E-state index contributed by atoms with van der Waals surface area (Å²) in [4.78, 5) is 14.9. The molecule has 4 aromatic rings. The Labute approximate surface area is 191 Å². The highest BCUT2D eigenvalue weighted by Gasteiger charge is 2.25. The monoisotopic (exact) mass is 437 g/mol. The molecule has 1 aliphatic heterocycles. The van der Waals surface area contributed by atoms with Gasteiger partial charge in [-0.1, -0.05) is 18.2 Å². The van der Waals surface area contributed by atoms with E-state index in [1.54, 1.807) is 10.7 Å². The number of carbonyl (C=O) groups excluding carboxylic acids is 1. The van der Waals surface area contributed by atoms with E-state index < -0.39 is 0 Å². The molecule has 7 nitrogen and oxygen atoms in total. The lowest BCUT2D eigenvalue weighted by Crippen LogP contribution is -2.27. The first-order chi connectivity index (χ1) is 16.1. The van der Waals surface area contributed by atoms with Crippen LogP contribution in [0.3, 0.4) is 0 Å². The van der Waals surface area contributed by atoms with Gasteiger partial charge in [-0.2, -0.15) is 10.4 Å². The van der Waals surface area contributed by atoms with Crippen molar-refractivity contribution in [2.75, 3.05) is 18.4 Å². The van der Waals surface area contributed by atoms with Gasteiger partial charge >= 0.3 is 0 Å². The Hall–Kier alpha value is -4.31. The number of aryl methyl sites for hydroxylation is 1. The van der Waals surface area contributed by atoms with Gasteiger partial charge in [-0.25, -0.2) is 4.52 Å². The molecule has 0 aliphatic carbocycles. The van der Waals surface area contributed by atoms with E-state index in [2.05, 4.69) is 16.5 Å². The fraction of sp³-hybridized carbons (Fsp3) is 0.192. The fourth-order valence-corrected chi connectivity index (χ4v) is 4.18. The number of hydrogen-bond donors (Lipinski definition) is 1. The zero-order valence-corrected chi connectivity index (χ0v) is 18.3. The van der Waals surface area contributed by atoms with Gasteiger partial charge in [0.15, 0.2) is 0 Å². The normalized spacial score (nSPS) is 13.2. The van der Waals surface area contributed by atoms with Crippen LogP contribution in [0.5, 0.6) is 11.5 Å². The second-order valence-corrected chi connectivity index (χ2v) is 8.07. The van der Waals surface area contributed by atoms with E-state index in [1.807, 2.05) is 66.4 Å². The van der Waals surface area contributed by atoms with Gasteiger partial charge in [0.05, 0.1) is 28.5 Å². The third kappa shape index (κ3) is 3.99. The molecular weight excluding hydrogens is 414 g/mol. The number of rotatable bonds is 5. The van der Waals surface area contributed by atoms with Crippen molar-refractivity contribution in [3.8, 4) is 17.6 Å². The number of fused-ring (bicyclic) bond motifs is 1. The largest absolute Gasteiger partial charge is 0.457 e. The van der Waals surface area contributed by atoms with Gasteiger partial charge in [-0.3, -0.25) is 4.79 Å². The molecule has 33 heavy (non-hydrogen) atoms. The number of nitriles is 1. The number of aromatic nitrogens is 2. The van der Waals surface area contributed by atoms with Crippen molar-refractivity contribution in [3.63, 3.8) is 0 Å². The number of nitrogens with one attached hydrogen (secondary N) is 1. The van der Waals surface area contributed by atoms with Crippen molar-refractivity contribution in [1.82, 2.24) is 14.5 Å². The molecule has 1 aliphatic rings. The van der Waals surface area contributed by atoms with Crippen molar-refractivity contribution >= 4 is 22.8 Å². The first-order valence-electron chi connectivity index (χ1n) is 10.9. The summed E-state index contributed by atoms with van der Waals surface area (Å²) in [5.74, 6) is 1.49. The summed E-state index contributed by atoms with van der Waals surface area (Å²) in [6.07, 6.45) is 5.35. The summed E-state index contributed by atoms with van der Waals surface area (Å²) in [5.41, 5.74) is 3.99. The molecule has 7 heteroatoms. The molecule has 0 unspecified atom stereocenters. The van der Waals surface area contributed by atoms with Crippen LogP contribution < -0.4 is 10.1 Å². The molecule has 0 radical (unpaired) electrons. The van der Waals surface area contributed by atoms with Crippen LogP contribution in [0.25, 0.3) is 5.52 Å². The van der Waals surface area contributed by atoms with Crippen LogP contribution in [0.4, 0.5) is 11.4 Å². The minimum Gasteiger partial charge on any atom is -0.457 e. The Bertz CT molecular complexity index is 1350. The SMILES string of the molecule is Cc1c(C(=O)N2CCCC2)cn2ncc(C#N)c(Nc3ccc(Oc4ccccc4)cc3)c12. The number of carbonyl (C=O) groups is 1. The van der Waals surface area contributed by atoms with Crippen molar-refractivity contribution in [2.45, 2.75) is 19.8 Å². The third-order valence-electron chi connectivity index (χ3n) is 5.90. The molecule has 1 amide bonds. The smallest absolute Gasteiger partial charge is 0.255 e. The topological polar surface area (TPSA) is 82.7 Å². The number of hydrogen-bond acceptors (Lipinski definition) is 5. The minimum atomic E-state index is 0.0161. The lowest BCUT2D eigenvalue weighted by molar-refractivity contribution is 0.0792. The van der Waals surface area contributed by atoms with Crippen LogP contribution in [0, 0.1) is 18.3 Å². The number of para-hydroxylation sites is 1. The average Bonchev–Trinajstić information content (AvgIpc) is 3.49. The van der Waals surface area contributed by atoms with Crippen LogP contribution in [0.15, 0.2) is 67.0 Å². The molecule has 0 spiro atoms. The summed E-state index contributed by atoms with van der Waals surface area (Å²) < 4.78 is 7.54. The van der Waals surface area contributed by atoms with Crippen molar-refractivity contribution in [2.24, 2.45) is 0 Å². The van der Waals surface area contributed by atoms with Gasteiger partial charge in [0, 0.05) is 25.0 Å². The molecule has 0 atom stereocenters. The molecule has 2 aromatic heterocycles. The Morgan fingerprint density at radius 2 is 1.76 bits per heavy atom. The van der Waals surface area contributed by atoms with E-state index in [9.17, 15) is 10.1 Å². The zero-order chi connectivity index (χ0) is 22.8. The highest BCUT2D eigenvalue weighted by Crippen LogP contribution is 2.32. The predicted molar refractivity (Wildman–Crippen MR) is 126 cm³/mol. The first kappa shape index (κ1) is 20.6. The van der Waals surface area contributed by atoms with Crippen LogP contribution >= 0.6 is 0 Å². The lowest BCUT2D eigenvalue weighted by atomic mass is 10.1. The molecule has 3 heterocycles. The first-order valence-corrected chi connectivity index (χ1v) is 10.9. The second kappa shape index (κ2) is 8.67. The third-order valence-corrected chi connectivity index (χ3v) is 5.90. The minimum absolute atomic E-state index is 0.0161. The zero-order valence-electron chi connectivity index (χ0n) is 18.3. The Balaban J connectivity index is 1.47. The maximum atomic E-state index is 13.0. The van der Waals surface area contributed by atoms with E-state index in [-0.39, 0.29) is 5.91 Å². The van der Waals surface area contributed by atoms with E-state index in [0.717, 1.165) is 48.4 Å². The Morgan fingerprint density at radius 3 is 2.45 bits per heavy atom. The Morgan fingerprint density at radius 1 is 1.06 bits per heavy atom. The number of nitrogens with zero attached hydrogens (tertiary/aromatic N) is 4. The number of anilines is 2. The fourth-order valence-electron chi connectivity index (χ4n) is 4.18. The summed E-state index contributed by atoms with van der Waals surface area (Å²) >= 11 is 0. The maximum absolute atomic E-state index is 13.0. The van der Waals surface area contributed by atoms with E-state index in [0.29, 0.717) is 22.6 Å². The van der Waals surface area contributed by atoms with Gasteiger partial charge in [0.1, 0.15) is 17.6 Å². The summed E-state index contributed by atoms with van der Waals surface area (Å²) in [6, 6.07) is 19.3. The van der Waals surface area contributed by atoms with E-state index >= 15 is 0 Å². The molecule has 1 fully saturated rings. The summed E-state index contributed by atoms with van der Waals surface area (Å²) in [6.45, 7) is 3.47. The highest BCUT2D eigenvalue weighted by molar-refractivity contribution is 6.00. The van der Waals surface area contributed by atoms with Gasteiger partial charge in [-0.15, -0.1) is 0 Å². The van der Waals surface area contributed by atoms with Crippen LogP contribution in [0.1, 0.15) is 34.3 Å². The molecule has 164 valence electrons.